The van der Waals surface area contributed by atoms with Crippen molar-refractivity contribution in [3.8, 4) is 5.75 Å². The minimum Gasteiger partial charge on any atom is -0.494 e. The number of carboxylic acids is 1. The summed E-state index contributed by atoms with van der Waals surface area (Å²) in [5, 5.41) is 14.9. The van der Waals surface area contributed by atoms with Crippen LogP contribution in [0.2, 0.25) is 0 Å². The van der Waals surface area contributed by atoms with Gasteiger partial charge in [-0.15, -0.1) is 0 Å². The van der Waals surface area contributed by atoms with E-state index in [1.54, 1.807) is 13.8 Å². The number of dihydropyridines is 1. The van der Waals surface area contributed by atoms with Crippen molar-refractivity contribution in [3.05, 3.63) is 76.1 Å². The Morgan fingerprint density at radius 3 is 2.12 bits per heavy atom. The van der Waals surface area contributed by atoms with E-state index in [9.17, 15) is 14.7 Å². The van der Waals surface area contributed by atoms with Crippen LogP contribution in [-0.2, 0) is 20.7 Å². The van der Waals surface area contributed by atoms with Gasteiger partial charge in [0.25, 0.3) is 0 Å². The Hall–Kier alpha value is -3.72. The Labute approximate surface area is 309 Å². The highest BCUT2D eigenvalue weighted by Crippen LogP contribution is 2.45. The number of H-pyrrole nitrogens is 1. The molecule has 0 aliphatic carbocycles. The number of carbonyl (C=O) groups is 2. The van der Waals surface area contributed by atoms with Crippen LogP contribution in [0.3, 0.4) is 0 Å². The summed E-state index contributed by atoms with van der Waals surface area (Å²) in [6.07, 6.45) is 16.9. The number of benzene rings is 2. The number of thioether (sulfide) groups is 1. The predicted octanol–water partition coefficient (Wildman–Crippen LogP) is 10.6. The van der Waals surface area contributed by atoms with E-state index in [0.717, 1.165) is 41.4 Å². The Morgan fingerprint density at radius 2 is 1.51 bits per heavy atom. The summed E-state index contributed by atoms with van der Waals surface area (Å²) in [7, 11) is 0. The van der Waals surface area contributed by atoms with Gasteiger partial charge in [0.15, 0.2) is 5.16 Å². The first-order chi connectivity index (χ1) is 24.7. The summed E-state index contributed by atoms with van der Waals surface area (Å²) in [6.45, 7) is 10.0. The second-order valence-electron chi connectivity index (χ2n) is 13.9. The lowest BCUT2D eigenvalue weighted by molar-refractivity contribution is -0.143. The summed E-state index contributed by atoms with van der Waals surface area (Å²) in [5.74, 6) is -1.58. The quantitative estimate of drug-likeness (QED) is 0.0505. The van der Waals surface area contributed by atoms with E-state index in [1.807, 2.05) is 50.2 Å². The molecule has 0 fully saturated rings. The molecule has 4 rings (SSSR count). The number of aromatic nitrogens is 2. The highest BCUT2D eigenvalue weighted by atomic mass is 32.2. The van der Waals surface area contributed by atoms with Crippen LogP contribution in [-0.4, -0.2) is 45.5 Å². The number of rotatable bonds is 23. The van der Waals surface area contributed by atoms with Gasteiger partial charge in [-0.05, 0) is 64.3 Å². The first-order valence-corrected chi connectivity index (χ1v) is 20.2. The van der Waals surface area contributed by atoms with Crippen LogP contribution in [0.25, 0.3) is 11.0 Å². The normalized spacial score (nSPS) is 14.7. The maximum absolute atomic E-state index is 13.8. The number of aliphatic carboxylic acids is 1. The summed E-state index contributed by atoms with van der Waals surface area (Å²) < 4.78 is 11.9. The van der Waals surface area contributed by atoms with Crippen LogP contribution < -0.4 is 10.1 Å². The fourth-order valence-corrected chi connectivity index (χ4v) is 7.84. The lowest BCUT2D eigenvalue weighted by Crippen LogP contribution is -2.34. The van der Waals surface area contributed by atoms with E-state index >= 15 is 0 Å². The molecule has 1 aromatic heterocycles. The van der Waals surface area contributed by atoms with Gasteiger partial charge < -0.3 is 24.9 Å². The summed E-state index contributed by atoms with van der Waals surface area (Å²) in [5.41, 5.74) is 5.03. The third kappa shape index (κ3) is 11.6. The van der Waals surface area contributed by atoms with Gasteiger partial charge in [-0.25, -0.2) is 14.6 Å². The van der Waals surface area contributed by atoms with Gasteiger partial charge in [-0.1, -0.05) is 120 Å². The molecule has 0 radical (unpaired) electrons. The number of unbranched alkanes of at least 4 members (excludes halogenated alkanes) is 12. The highest BCUT2D eigenvalue weighted by molar-refractivity contribution is 7.99. The lowest BCUT2D eigenvalue weighted by atomic mass is 9.77. The fraction of sp³-hybridized carbons (Fsp3) is 0.548. The average Bonchev–Trinajstić information content (AvgIpc) is 3.52. The molecule has 51 heavy (non-hydrogen) atoms. The van der Waals surface area contributed by atoms with Crippen molar-refractivity contribution < 1.29 is 24.2 Å². The molecule has 0 bridgehead atoms. The number of esters is 1. The average molecular weight is 718 g/mol. The van der Waals surface area contributed by atoms with Crippen molar-refractivity contribution in [2.24, 2.45) is 0 Å². The van der Waals surface area contributed by atoms with Crippen LogP contribution in [0, 0.1) is 0 Å². The van der Waals surface area contributed by atoms with Crippen molar-refractivity contribution in [3.63, 3.8) is 0 Å². The molecule has 1 atom stereocenters. The molecule has 0 saturated heterocycles. The predicted molar refractivity (Wildman–Crippen MR) is 208 cm³/mol. The molecule has 0 spiro atoms. The van der Waals surface area contributed by atoms with Gasteiger partial charge in [-0.2, -0.15) is 0 Å². The summed E-state index contributed by atoms with van der Waals surface area (Å²) in [6, 6.07) is 13.7. The number of nitrogens with one attached hydrogen (secondary N) is 2. The molecule has 1 aliphatic rings. The van der Waals surface area contributed by atoms with Crippen LogP contribution in [0.4, 0.5) is 0 Å². The molecule has 2 heterocycles. The zero-order valence-corrected chi connectivity index (χ0v) is 32.3. The van der Waals surface area contributed by atoms with Gasteiger partial charge >= 0.3 is 11.9 Å². The number of aromatic amines is 1. The summed E-state index contributed by atoms with van der Waals surface area (Å²) >= 11 is 1.42. The molecule has 3 aromatic rings. The van der Waals surface area contributed by atoms with Gasteiger partial charge in [-0.3, -0.25) is 0 Å². The molecule has 1 unspecified atom stereocenters. The maximum atomic E-state index is 13.8. The van der Waals surface area contributed by atoms with Crippen molar-refractivity contribution >= 4 is 34.7 Å². The fourth-order valence-electron chi connectivity index (χ4n) is 6.99. The Balaban J connectivity index is 1.56. The van der Waals surface area contributed by atoms with Crippen molar-refractivity contribution in [2.75, 3.05) is 12.4 Å². The maximum Gasteiger partial charge on any atom is 0.337 e. The SMILES string of the molecule is CCCCCCCCCCCCCCCc1cccc(OCC)c1C1C(C(=O)OC(C)C)=C(C)NC(CSc2nc3ccccc3[nH]2)=C1C(=O)O. The topological polar surface area (TPSA) is 114 Å². The number of ether oxygens (including phenoxy) is 2. The molecule has 0 saturated carbocycles. The number of aryl methyl sites for hydroxylation is 1. The molecule has 0 amide bonds. The van der Waals surface area contributed by atoms with Gasteiger partial charge in [0, 0.05) is 22.7 Å². The number of carboxylic acid groups (broad SMARTS) is 1. The minimum atomic E-state index is -1.09. The van der Waals surface area contributed by atoms with E-state index in [1.165, 1.54) is 82.4 Å². The number of para-hydroxylation sites is 2. The van der Waals surface area contributed by atoms with Crippen LogP contribution in [0.15, 0.2) is 70.2 Å². The molecule has 1 aliphatic heterocycles. The number of nitrogens with zero attached hydrogens (tertiary/aromatic N) is 1. The van der Waals surface area contributed by atoms with Crippen molar-refractivity contribution in [1.29, 1.82) is 0 Å². The van der Waals surface area contributed by atoms with Crippen LogP contribution in [0.1, 0.15) is 135 Å². The lowest BCUT2D eigenvalue weighted by Gasteiger charge is -2.33. The third-order valence-corrected chi connectivity index (χ3v) is 10.4. The molecule has 278 valence electrons. The minimum absolute atomic E-state index is 0.124. The third-order valence-electron chi connectivity index (χ3n) is 9.45. The van der Waals surface area contributed by atoms with Gasteiger partial charge in [0.2, 0.25) is 0 Å². The molecule has 2 aromatic carbocycles. The first-order valence-electron chi connectivity index (χ1n) is 19.2. The van der Waals surface area contributed by atoms with Crippen molar-refractivity contribution in [1.82, 2.24) is 15.3 Å². The van der Waals surface area contributed by atoms with Gasteiger partial charge in [0.05, 0.1) is 40.8 Å². The molecule has 3 N–H and O–H groups in total. The Bertz CT molecular complexity index is 1610. The van der Waals surface area contributed by atoms with E-state index in [0.29, 0.717) is 40.2 Å². The number of hydrogen-bond acceptors (Lipinski definition) is 7. The Morgan fingerprint density at radius 1 is 0.863 bits per heavy atom. The number of imidazole rings is 1. The summed E-state index contributed by atoms with van der Waals surface area (Å²) in [4.78, 5) is 35.1. The zero-order chi connectivity index (χ0) is 36.6. The van der Waals surface area contributed by atoms with E-state index in [4.69, 9.17) is 9.47 Å². The highest BCUT2D eigenvalue weighted by Gasteiger charge is 2.41. The van der Waals surface area contributed by atoms with Gasteiger partial charge in [0.1, 0.15) is 5.75 Å². The van der Waals surface area contributed by atoms with E-state index in [-0.39, 0.29) is 11.7 Å². The van der Waals surface area contributed by atoms with E-state index in [2.05, 4.69) is 28.3 Å². The molecule has 8 nitrogen and oxygen atoms in total. The molecular formula is C42H59N3O5S. The van der Waals surface area contributed by atoms with E-state index < -0.39 is 17.9 Å². The van der Waals surface area contributed by atoms with Crippen LogP contribution in [0.5, 0.6) is 5.75 Å². The zero-order valence-electron chi connectivity index (χ0n) is 31.4. The smallest absolute Gasteiger partial charge is 0.337 e. The van der Waals surface area contributed by atoms with Crippen molar-refractivity contribution in [2.45, 2.75) is 142 Å². The first kappa shape index (κ1) is 40.1. The number of carbonyl (C=O) groups excluding carboxylic acids is 1. The largest absolute Gasteiger partial charge is 0.494 e. The number of allylic oxidation sites excluding steroid dienone is 1. The monoisotopic (exact) mass is 717 g/mol. The second-order valence-corrected chi connectivity index (χ2v) is 14.8. The van der Waals surface area contributed by atoms with Crippen LogP contribution >= 0.6 is 11.8 Å². The molecule has 9 heteroatoms. The standard InChI is InChI=1S/C42H59N3O5S/c1-6-8-9-10-11-12-13-14-15-16-17-18-19-23-31-24-22-27-35(49-7-2)37(31)39-36(41(48)50-29(3)4)30(5)43-34(38(39)40(46)47)28-51-42-44-32-25-20-21-26-33(32)45-42/h20-22,24-27,29,39,43H,6-19,23,28H2,1-5H3,(H,44,45)(H,46,47). The second kappa shape index (κ2) is 21.0. The number of hydrogen-bond donors (Lipinski definition) is 3. The molecular weight excluding hydrogens is 659 g/mol. The number of fused-ring (bicyclic) bond motifs is 1. The Kier molecular flexibility index (Phi) is 16.5.